The van der Waals surface area contributed by atoms with Crippen LogP contribution in [0.3, 0.4) is 0 Å². The van der Waals surface area contributed by atoms with Gasteiger partial charge in [-0.15, -0.1) is 0 Å². The minimum absolute atomic E-state index is 0.848. The predicted octanol–water partition coefficient (Wildman–Crippen LogP) is 3.91. The Bertz CT molecular complexity index is 283. The molecule has 0 saturated carbocycles. The zero-order valence-corrected chi connectivity index (χ0v) is 8.15. The van der Waals surface area contributed by atoms with Crippen molar-refractivity contribution in [2.75, 3.05) is 0 Å². The highest BCUT2D eigenvalue weighted by Gasteiger charge is 2.01. The number of rotatable bonds is 3. The molecular formula is C10H12OS. The summed E-state index contributed by atoms with van der Waals surface area (Å²) in [5.74, 6) is 0.848. The van der Waals surface area contributed by atoms with E-state index in [-0.39, 0.29) is 0 Å². The molecule has 0 aliphatic heterocycles. The molecule has 0 amide bonds. The van der Waals surface area contributed by atoms with Gasteiger partial charge in [-0.3, -0.25) is 0 Å². The highest BCUT2D eigenvalue weighted by Crippen LogP contribution is 2.31. The van der Waals surface area contributed by atoms with Gasteiger partial charge in [0.15, 0.2) is 0 Å². The maximum absolute atomic E-state index is 5.19. The Labute approximate surface area is 77.2 Å². The molecule has 1 aromatic rings. The zero-order chi connectivity index (χ0) is 8.97. The third-order valence-electron chi connectivity index (χ3n) is 1.49. The summed E-state index contributed by atoms with van der Waals surface area (Å²) >= 11 is 1.63. The van der Waals surface area contributed by atoms with Gasteiger partial charge in [-0.25, -0.2) is 0 Å². The second kappa shape index (κ2) is 4.21. The summed E-state index contributed by atoms with van der Waals surface area (Å²) in [6.45, 7) is 7.98. The third-order valence-corrected chi connectivity index (χ3v) is 2.49. The van der Waals surface area contributed by atoms with Crippen LogP contribution in [-0.2, 0) is 0 Å². The third kappa shape index (κ3) is 2.31. The highest BCUT2D eigenvalue weighted by atomic mass is 32.2. The van der Waals surface area contributed by atoms with Crippen molar-refractivity contribution in [3.63, 3.8) is 0 Å². The molecule has 1 aromatic heterocycles. The van der Waals surface area contributed by atoms with E-state index in [1.165, 1.54) is 4.91 Å². The first-order chi connectivity index (χ1) is 5.74. The molecule has 0 saturated heterocycles. The highest BCUT2D eigenvalue weighted by molar-refractivity contribution is 8.11. The summed E-state index contributed by atoms with van der Waals surface area (Å²) in [6, 6.07) is 3.78. The van der Waals surface area contributed by atoms with E-state index in [1.807, 2.05) is 19.1 Å². The summed E-state index contributed by atoms with van der Waals surface area (Å²) in [5, 5.41) is 0. The molecule has 1 heterocycles. The van der Waals surface area contributed by atoms with Crippen molar-refractivity contribution in [1.82, 2.24) is 0 Å². The second-order valence-electron chi connectivity index (χ2n) is 2.40. The molecule has 2 heteroatoms. The lowest BCUT2D eigenvalue weighted by atomic mass is 10.4. The number of hydrogen-bond donors (Lipinski definition) is 0. The lowest BCUT2D eigenvalue weighted by molar-refractivity contribution is 0.556. The van der Waals surface area contributed by atoms with Crippen molar-refractivity contribution < 1.29 is 4.42 Å². The second-order valence-corrected chi connectivity index (χ2v) is 3.74. The minimum atomic E-state index is 0.848. The normalized spacial score (nSPS) is 11.7. The van der Waals surface area contributed by atoms with Gasteiger partial charge in [0, 0.05) is 4.91 Å². The molecule has 0 aliphatic carbocycles. The van der Waals surface area contributed by atoms with Crippen LogP contribution in [0.4, 0.5) is 0 Å². The molecule has 64 valence electrons. The SMILES string of the molecule is C=C(S/C(C)=C\C)c1ccco1. The van der Waals surface area contributed by atoms with Gasteiger partial charge in [0.1, 0.15) is 5.76 Å². The Kier molecular flexibility index (Phi) is 3.23. The first-order valence-electron chi connectivity index (χ1n) is 3.77. The van der Waals surface area contributed by atoms with Gasteiger partial charge in [0.25, 0.3) is 0 Å². The zero-order valence-electron chi connectivity index (χ0n) is 7.33. The molecule has 0 atom stereocenters. The van der Waals surface area contributed by atoms with Gasteiger partial charge in [-0.1, -0.05) is 24.4 Å². The average Bonchev–Trinajstić information content (AvgIpc) is 2.56. The standard InChI is InChI=1S/C10H12OS/c1-4-8(2)12-9(3)10-6-5-7-11-10/h4-7H,3H2,1-2H3/b8-4-. The van der Waals surface area contributed by atoms with Gasteiger partial charge in [0.05, 0.1) is 6.26 Å². The smallest absolute Gasteiger partial charge is 0.139 e. The van der Waals surface area contributed by atoms with E-state index in [9.17, 15) is 0 Å². The van der Waals surface area contributed by atoms with E-state index in [2.05, 4.69) is 19.6 Å². The number of furan rings is 1. The minimum Gasteiger partial charge on any atom is -0.464 e. The van der Waals surface area contributed by atoms with Crippen LogP contribution in [0.15, 0.2) is 40.4 Å². The lowest BCUT2D eigenvalue weighted by Crippen LogP contribution is -1.72. The fourth-order valence-electron chi connectivity index (χ4n) is 0.741. The maximum atomic E-state index is 5.19. The van der Waals surface area contributed by atoms with Crippen LogP contribution in [0.1, 0.15) is 19.6 Å². The summed E-state index contributed by atoms with van der Waals surface area (Å²) in [7, 11) is 0. The van der Waals surface area contributed by atoms with Crippen molar-refractivity contribution in [1.29, 1.82) is 0 Å². The van der Waals surface area contributed by atoms with Crippen LogP contribution in [-0.4, -0.2) is 0 Å². The Balaban J connectivity index is 2.62. The van der Waals surface area contributed by atoms with E-state index in [4.69, 9.17) is 4.42 Å². The van der Waals surface area contributed by atoms with Crippen molar-refractivity contribution >= 4 is 16.7 Å². The number of hydrogen-bond acceptors (Lipinski definition) is 2. The van der Waals surface area contributed by atoms with Gasteiger partial charge in [-0.05, 0) is 30.9 Å². The summed E-state index contributed by atoms with van der Waals surface area (Å²) in [5.41, 5.74) is 0. The van der Waals surface area contributed by atoms with Crippen molar-refractivity contribution in [2.45, 2.75) is 13.8 Å². The van der Waals surface area contributed by atoms with E-state index in [1.54, 1.807) is 18.0 Å². The average molecular weight is 180 g/mol. The van der Waals surface area contributed by atoms with Crippen LogP contribution < -0.4 is 0 Å². The van der Waals surface area contributed by atoms with E-state index < -0.39 is 0 Å². The largest absolute Gasteiger partial charge is 0.464 e. The van der Waals surface area contributed by atoms with Crippen molar-refractivity contribution in [3.8, 4) is 0 Å². The summed E-state index contributed by atoms with van der Waals surface area (Å²) in [4.78, 5) is 2.19. The Hall–Kier alpha value is -0.890. The van der Waals surface area contributed by atoms with Gasteiger partial charge >= 0.3 is 0 Å². The molecule has 0 N–H and O–H groups in total. The van der Waals surface area contributed by atoms with Crippen LogP contribution in [0.25, 0.3) is 4.91 Å². The fraction of sp³-hybridized carbons (Fsp3) is 0.200. The van der Waals surface area contributed by atoms with Crippen LogP contribution >= 0.6 is 11.8 Å². The fourth-order valence-corrected chi connectivity index (χ4v) is 1.46. The first-order valence-corrected chi connectivity index (χ1v) is 4.59. The monoisotopic (exact) mass is 180 g/mol. The quantitative estimate of drug-likeness (QED) is 0.699. The van der Waals surface area contributed by atoms with Gasteiger partial charge in [0.2, 0.25) is 0 Å². The topological polar surface area (TPSA) is 13.1 Å². The van der Waals surface area contributed by atoms with Crippen LogP contribution in [0.2, 0.25) is 0 Å². The Morgan fingerprint density at radius 3 is 2.92 bits per heavy atom. The predicted molar refractivity (Wildman–Crippen MR) is 54.8 cm³/mol. The molecule has 1 nitrogen and oxygen atoms in total. The maximum Gasteiger partial charge on any atom is 0.139 e. The molecule has 0 bridgehead atoms. The molecule has 0 aliphatic rings. The van der Waals surface area contributed by atoms with E-state index >= 15 is 0 Å². The lowest BCUT2D eigenvalue weighted by Gasteiger charge is -2.00. The Morgan fingerprint density at radius 1 is 1.67 bits per heavy atom. The van der Waals surface area contributed by atoms with E-state index in [0.29, 0.717) is 0 Å². The molecule has 0 aromatic carbocycles. The summed E-state index contributed by atoms with van der Waals surface area (Å²) < 4.78 is 5.19. The van der Waals surface area contributed by atoms with Crippen LogP contribution in [0.5, 0.6) is 0 Å². The number of allylic oxidation sites excluding steroid dienone is 2. The molecule has 12 heavy (non-hydrogen) atoms. The van der Waals surface area contributed by atoms with Gasteiger partial charge in [-0.2, -0.15) is 0 Å². The van der Waals surface area contributed by atoms with Crippen LogP contribution in [0, 0.1) is 0 Å². The molecule has 0 unspecified atom stereocenters. The molecule has 0 fully saturated rings. The summed E-state index contributed by atoms with van der Waals surface area (Å²) in [6.07, 6.45) is 3.71. The molecule has 1 rings (SSSR count). The van der Waals surface area contributed by atoms with Gasteiger partial charge < -0.3 is 4.42 Å². The first kappa shape index (κ1) is 9.20. The van der Waals surface area contributed by atoms with E-state index in [0.717, 1.165) is 10.7 Å². The number of thioether (sulfide) groups is 1. The molecule has 0 spiro atoms. The molecular weight excluding hydrogens is 168 g/mol. The Morgan fingerprint density at radius 2 is 2.42 bits per heavy atom. The molecule has 0 radical (unpaired) electrons. The van der Waals surface area contributed by atoms with Crippen molar-refractivity contribution in [3.05, 3.63) is 41.7 Å². The van der Waals surface area contributed by atoms with Crippen molar-refractivity contribution in [2.24, 2.45) is 0 Å².